The molecule has 6 heteroatoms. The van der Waals surface area contributed by atoms with Crippen LogP contribution in [-0.4, -0.2) is 30.2 Å². The minimum absolute atomic E-state index is 0.427. The molecule has 1 aromatic carbocycles. The summed E-state index contributed by atoms with van der Waals surface area (Å²) in [6, 6.07) is 8.87. The second-order valence-corrected chi connectivity index (χ2v) is 4.29. The Kier molecular flexibility index (Phi) is 3.88. The molecule has 1 saturated heterocycles. The monoisotopic (exact) mass is 262 g/mol. The Hall–Kier alpha value is -2.26. The summed E-state index contributed by atoms with van der Waals surface area (Å²) >= 11 is 0. The van der Waals surface area contributed by atoms with Crippen LogP contribution in [0, 0.1) is 11.3 Å². The standard InChI is InChI=1S/C13H14N2O4/c14-9-10-2-1-3-11(8-10)15-13(19-12(16)17)4-6-18-7-5-13/h1-3,8,15H,4-7H2,(H,16,17). The zero-order valence-corrected chi connectivity index (χ0v) is 10.3. The van der Waals surface area contributed by atoms with Crippen molar-refractivity contribution in [2.45, 2.75) is 18.6 Å². The van der Waals surface area contributed by atoms with E-state index in [1.54, 1.807) is 24.3 Å². The molecule has 0 atom stereocenters. The number of carboxylic acid groups (broad SMARTS) is 1. The third-order valence-corrected chi connectivity index (χ3v) is 2.95. The Balaban J connectivity index is 2.19. The number of nitrogens with one attached hydrogen (secondary N) is 1. The van der Waals surface area contributed by atoms with E-state index in [1.807, 2.05) is 6.07 Å². The van der Waals surface area contributed by atoms with E-state index in [2.05, 4.69) is 5.32 Å². The van der Waals surface area contributed by atoms with Crippen LogP contribution >= 0.6 is 0 Å². The first kappa shape index (κ1) is 13.2. The highest BCUT2D eigenvalue weighted by Gasteiger charge is 2.36. The van der Waals surface area contributed by atoms with Crippen molar-refractivity contribution in [2.24, 2.45) is 0 Å². The first-order chi connectivity index (χ1) is 9.13. The molecule has 0 radical (unpaired) electrons. The summed E-state index contributed by atoms with van der Waals surface area (Å²) in [5.74, 6) is 0. The average molecular weight is 262 g/mol. The van der Waals surface area contributed by atoms with E-state index in [-0.39, 0.29) is 0 Å². The van der Waals surface area contributed by atoms with E-state index in [4.69, 9.17) is 19.8 Å². The van der Waals surface area contributed by atoms with Crippen molar-refractivity contribution in [1.82, 2.24) is 0 Å². The van der Waals surface area contributed by atoms with E-state index in [0.717, 1.165) is 0 Å². The van der Waals surface area contributed by atoms with E-state index < -0.39 is 11.9 Å². The van der Waals surface area contributed by atoms with Crippen LogP contribution in [0.4, 0.5) is 10.5 Å². The van der Waals surface area contributed by atoms with Gasteiger partial charge in [0.05, 0.1) is 24.8 Å². The minimum atomic E-state index is -1.33. The first-order valence-corrected chi connectivity index (χ1v) is 5.92. The lowest BCUT2D eigenvalue weighted by Crippen LogP contribution is -2.47. The first-order valence-electron chi connectivity index (χ1n) is 5.92. The van der Waals surface area contributed by atoms with Crippen molar-refractivity contribution in [1.29, 1.82) is 5.26 Å². The minimum Gasteiger partial charge on any atom is -0.450 e. The highest BCUT2D eigenvalue weighted by molar-refractivity contribution is 5.59. The van der Waals surface area contributed by atoms with Gasteiger partial charge in [-0.3, -0.25) is 0 Å². The van der Waals surface area contributed by atoms with E-state index >= 15 is 0 Å². The molecule has 19 heavy (non-hydrogen) atoms. The summed E-state index contributed by atoms with van der Waals surface area (Å²) in [5, 5.41) is 20.8. The summed E-state index contributed by atoms with van der Waals surface area (Å²) in [5.41, 5.74) is 0.169. The van der Waals surface area contributed by atoms with Gasteiger partial charge in [-0.15, -0.1) is 0 Å². The number of rotatable bonds is 3. The molecule has 2 rings (SSSR count). The molecule has 0 unspecified atom stereocenters. The number of carbonyl (C=O) groups is 1. The van der Waals surface area contributed by atoms with Gasteiger partial charge in [-0.25, -0.2) is 4.79 Å². The maximum atomic E-state index is 10.8. The van der Waals surface area contributed by atoms with Crippen molar-refractivity contribution in [3.63, 3.8) is 0 Å². The SMILES string of the molecule is N#Cc1cccc(NC2(OC(=O)O)CCOCC2)c1. The summed E-state index contributed by atoms with van der Waals surface area (Å²) in [7, 11) is 0. The highest BCUT2D eigenvalue weighted by Crippen LogP contribution is 2.27. The second-order valence-electron chi connectivity index (χ2n) is 4.29. The van der Waals surface area contributed by atoms with Crippen LogP contribution in [0.15, 0.2) is 24.3 Å². The van der Waals surface area contributed by atoms with Gasteiger partial charge in [0.2, 0.25) is 0 Å². The van der Waals surface area contributed by atoms with Crippen molar-refractivity contribution in [3.8, 4) is 6.07 Å². The van der Waals surface area contributed by atoms with E-state index in [0.29, 0.717) is 37.3 Å². The Bertz CT molecular complexity index is 504. The third-order valence-electron chi connectivity index (χ3n) is 2.95. The maximum absolute atomic E-state index is 10.8. The normalized spacial score (nSPS) is 17.2. The summed E-state index contributed by atoms with van der Waals surface area (Å²) in [6.45, 7) is 0.858. The van der Waals surface area contributed by atoms with Crippen molar-refractivity contribution in [2.75, 3.05) is 18.5 Å². The largest absolute Gasteiger partial charge is 0.507 e. The molecule has 0 amide bonds. The van der Waals surface area contributed by atoms with Gasteiger partial charge in [-0.1, -0.05) is 6.07 Å². The van der Waals surface area contributed by atoms with Gasteiger partial charge in [-0.2, -0.15) is 5.26 Å². The van der Waals surface area contributed by atoms with Gasteiger partial charge in [0.1, 0.15) is 0 Å². The zero-order chi connectivity index (χ0) is 13.7. The molecule has 1 aromatic rings. The lowest BCUT2D eigenvalue weighted by atomic mass is 10.0. The Labute approximate surface area is 110 Å². The van der Waals surface area contributed by atoms with E-state index in [1.165, 1.54) is 0 Å². The van der Waals surface area contributed by atoms with Gasteiger partial charge >= 0.3 is 6.16 Å². The molecule has 0 saturated carbocycles. The van der Waals surface area contributed by atoms with Crippen molar-refractivity contribution in [3.05, 3.63) is 29.8 Å². The molecule has 0 bridgehead atoms. The van der Waals surface area contributed by atoms with Crippen molar-refractivity contribution < 1.29 is 19.4 Å². The fourth-order valence-electron chi connectivity index (χ4n) is 2.05. The molecule has 2 N–H and O–H groups in total. The molecule has 1 aliphatic rings. The van der Waals surface area contributed by atoms with Crippen LogP contribution < -0.4 is 5.32 Å². The molecule has 0 aromatic heterocycles. The Morgan fingerprint density at radius 2 is 2.21 bits per heavy atom. The Morgan fingerprint density at radius 3 is 2.84 bits per heavy atom. The zero-order valence-electron chi connectivity index (χ0n) is 10.3. The van der Waals surface area contributed by atoms with Crippen LogP contribution in [0.1, 0.15) is 18.4 Å². The molecule has 6 nitrogen and oxygen atoms in total. The number of anilines is 1. The number of nitriles is 1. The van der Waals surface area contributed by atoms with Crippen LogP contribution in [-0.2, 0) is 9.47 Å². The predicted molar refractivity (Wildman–Crippen MR) is 66.7 cm³/mol. The summed E-state index contributed by atoms with van der Waals surface area (Å²) in [4.78, 5) is 10.8. The lowest BCUT2D eigenvalue weighted by Gasteiger charge is -2.36. The number of ether oxygens (including phenoxy) is 2. The van der Waals surface area contributed by atoms with Gasteiger partial charge in [-0.05, 0) is 18.2 Å². The maximum Gasteiger partial charge on any atom is 0.507 e. The summed E-state index contributed by atoms with van der Waals surface area (Å²) in [6.07, 6.45) is -0.475. The van der Waals surface area contributed by atoms with Crippen LogP contribution in [0.5, 0.6) is 0 Å². The molecule has 100 valence electrons. The van der Waals surface area contributed by atoms with Gasteiger partial charge < -0.3 is 19.9 Å². The van der Waals surface area contributed by atoms with Crippen LogP contribution in [0.25, 0.3) is 0 Å². The number of nitrogens with zero attached hydrogens (tertiary/aromatic N) is 1. The van der Waals surface area contributed by atoms with Crippen molar-refractivity contribution >= 4 is 11.8 Å². The fraction of sp³-hybridized carbons (Fsp3) is 0.385. The quantitative estimate of drug-likeness (QED) is 0.640. The van der Waals surface area contributed by atoms with Crippen LogP contribution in [0.2, 0.25) is 0 Å². The number of benzene rings is 1. The summed E-state index contributed by atoms with van der Waals surface area (Å²) < 4.78 is 10.2. The van der Waals surface area contributed by atoms with Gasteiger partial charge in [0, 0.05) is 18.5 Å². The predicted octanol–water partition coefficient (Wildman–Crippen LogP) is 2.17. The highest BCUT2D eigenvalue weighted by atomic mass is 16.7. The third kappa shape index (κ3) is 3.36. The van der Waals surface area contributed by atoms with E-state index in [9.17, 15) is 4.79 Å². The van der Waals surface area contributed by atoms with Gasteiger partial charge in [0.25, 0.3) is 0 Å². The second kappa shape index (κ2) is 5.59. The average Bonchev–Trinajstić information content (AvgIpc) is 2.39. The lowest BCUT2D eigenvalue weighted by molar-refractivity contribution is -0.0687. The molecule has 1 heterocycles. The fourth-order valence-corrected chi connectivity index (χ4v) is 2.05. The number of hydrogen-bond donors (Lipinski definition) is 2. The molecule has 0 spiro atoms. The molecular weight excluding hydrogens is 248 g/mol. The Morgan fingerprint density at radius 1 is 1.47 bits per heavy atom. The molecule has 1 aliphatic heterocycles. The van der Waals surface area contributed by atoms with Gasteiger partial charge in [0.15, 0.2) is 5.72 Å². The molecule has 1 fully saturated rings. The number of hydrogen-bond acceptors (Lipinski definition) is 5. The smallest absolute Gasteiger partial charge is 0.450 e. The molecular formula is C13H14N2O4. The van der Waals surface area contributed by atoms with Crippen LogP contribution in [0.3, 0.4) is 0 Å². The topological polar surface area (TPSA) is 91.6 Å². The molecule has 0 aliphatic carbocycles.